The second kappa shape index (κ2) is 7.75. The first-order valence-electron chi connectivity index (χ1n) is 9.43. The predicted molar refractivity (Wildman–Crippen MR) is 106 cm³/mol. The van der Waals surface area contributed by atoms with Crippen molar-refractivity contribution in [2.75, 3.05) is 13.7 Å². The number of aromatic nitrogens is 2. The first kappa shape index (κ1) is 20.1. The molecule has 2 amide bonds. The Kier molecular flexibility index (Phi) is 5.56. The molecule has 1 aromatic heterocycles. The molecule has 3 rings (SSSR count). The number of likely N-dealkylation sites (N-methyl/N-ethyl adjacent to an activating group) is 1. The van der Waals surface area contributed by atoms with E-state index in [0.717, 1.165) is 22.5 Å². The van der Waals surface area contributed by atoms with Crippen molar-refractivity contribution in [3.63, 3.8) is 0 Å². The van der Waals surface area contributed by atoms with Crippen LogP contribution in [0.3, 0.4) is 0 Å². The fourth-order valence-electron chi connectivity index (χ4n) is 3.34. The van der Waals surface area contributed by atoms with E-state index < -0.39 is 12.1 Å². The molecular weight excluding hydrogens is 356 g/mol. The summed E-state index contributed by atoms with van der Waals surface area (Å²) in [6, 6.07) is 9.23. The lowest BCUT2D eigenvalue weighted by molar-refractivity contribution is -0.162. The Morgan fingerprint density at radius 1 is 1.36 bits per heavy atom. The highest BCUT2D eigenvalue weighted by Gasteiger charge is 2.40. The average Bonchev–Trinajstić information content (AvgIpc) is 3.12. The van der Waals surface area contributed by atoms with E-state index in [1.807, 2.05) is 37.3 Å². The first-order chi connectivity index (χ1) is 13.2. The molecule has 0 bridgehead atoms. The van der Waals surface area contributed by atoms with Crippen LogP contribution >= 0.6 is 0 Å². The number of aryl methyl sites for hydroxylation is 1. The summed E-state index contributed by atoms with van der Waals surface area (Å²) in [6.07, 6.45) is -0.770. The SMILES string of the molecule is Cc1ccccc1[C@@H]1[C@@H](C(=O)NCc2cc(C(C)(C)C)n[nH]2)OCC(=O)N1C. The van der Waals surface area contributed by atoms with Gasteiger partial charge in [0.15, 0.2) is 6.10 Å². The van der Waals surface area contributed by atoms with Gasteiger partial charge >= 0.3 is 0 Å². The largest absolute Gasteiger partial charge is 0.356 e. The lowest BCUT2D eigenvalue weighted by Gasteiger charge is -2.38. The van der Waals surface area contributed by atoms with E-state index >= 15 is 0 Å². The molecule has 1 aliphatic heterocycles. The van der Waals surface area contributed by atoms with Crippen LogP contribution in [-0.4, -0.2) is 46.7 Å². The molecule has 0 spiro atoms. The highest BCUT2D eigenvalue weighted by molar-refractivity contribution is 5.86. The van der Waals surface area contributed by atoms with E-state index in [4.69, 9.17) is 4.74 Å². The standard InChI is InChI=1S/C21H28N4O3/c1-13-8-6-7-9-15(13)18-19(28-12-17(26)25(18)5)20(27)22-11-14-10-16(24-23-14)21(2,3)4/h6-10,18-19H,11-12H2,1-5H3,(H,22,27)(H,23,24)/t18-,19+/m1/s1. The Labute approximate surface area is 165 Å². The smallest absolute Gasteiger partial charge is 0.252 e. The lowest BCUT2D eigenvalue weighted by Crippen LogP contribution is -2.53. The van der Waals surface area contributed by atoms with E-state index in [1.165, 1.54) is 0 Å². The summed E-state index contributed by atoms with van der Waals surface area (Å²) < 4.78 is 5.66. The van der Waals surface area contributed by atoms with Crippen LogP contribution in [-0.2, 0) is 26.3 Å². The third-order valence-corrected chi connectivity index (χ3v) is 5.10. The number of ether oxygens (including phenoxy) is 1. The van der Waals surface area contributed by atoms with Gasteiger partial charge in [-0.05, 0) is 24.1 Å². The molecule has 0 unspecified atom stereocenters. The number of hydrogen-bond acceptors (Lipinski definition) is 4. The van der Waals surface area contributed by atoms with Gasteiger partial charge in [0, 0.05) is 12.5 Å². The van der Waals surface area contributed by atoms with E-state index in [0.29, 0.717) is 6.54 Å². The second-order valence-electron chi connectivity index (χ2n) is 8.28. The molecule has 2 N–H and O–H groups in total. The number of morpholine rings is 1. The highest BCUT2D eigenvalue weighted by atomic mass is 16.5. The fourth-order valence-corrected chi connectivity index (χ4v) is 3.34. The molecular formula is C21H28N4O3. The lowest BCUT2D eigenvalue weighted by atomic mass is 9.92. The van der Waals surface area contributed by atoms with E-state index in [9.17, 15) is 9.59 Å². The maximum Gasteiger partial charge on any atom is 0.252 e. The van der Waals surface area contributed by atoms with Gasteiger partial charge < -0.3 is 15.0 Å². The summed E-state index contributed by atoms with van der Waals surface area (Å²) in [4.78, 5) is 26.7. The van der Waals surface area contributed by atoms with Gasteiger partial charge in [0.25, 0.3) is 5.91 Å². The molecule has 1 saturated heterocycles. The number of rotatable bonds is 4. The van der Waals surface area contributed by atoms with Crippen molar-refractivity contribution in [1.82, 2.24) is 20.4 Å². The van der Waals surface area contributed by atoms with Gasteiger partial charge in [-0.2, -0.15) is 5.10 Å². The molecule has 0 aliphatic carbocycles. The summed E-state index contributed by atoms with van der Waals surface area (Å²) in [5.41, 5.74) is 3.62. The Balaban J connectivity index is 1.76. The van der Waals surface area contributed by atoms with Crippen molar-refractivity contribution in [3.8, 4) is 0 Å². The zero-order chi connectivity index (χ0) is 20.5. The van der Waals surface area contributed by atoms with Crippen LogP contribution in [0.4, 0.5) is 0 Å². The zero-order valence-corrected chi connectivity index (χ0v) is 17.1. The molecule has 0 saturated carbocycles. The summed E-state index contributed by atoms with van der Waals surface area (Å²) in [5.74, 6) is -0.389. The molecule has 1 aromatic carbocycles. The molecule has 7 nitrogen and oxygen atoms in total. The number of nitrogens with one attached hydrogen (secondary N) is 2. The molecule has 1 aliphatic rings. The number of aromatic amines is 1. The average molecular weight is 384 g/mol. The Morgan fingerprint density at radius 2 is 2.07 bits per heavy atom. The molecule has 28 heavy (non-hydrogen) atoms. The number of carbonyl (C=O) groups is 2. The summed E-state index contributed by atoms with van der Waals surface area (Å²) in [5, 5.41) is 10.2. The molecule has 150 valence electrons. The van der Waals surface area contributed by atoms with Gasteiger partial charge in [-0.1, -0.05) is 45.0 Å². The first-order valence-corrected chi connectivity index (χ1v) is 9.43. The Morgan fingerprint density at radius 3 is 2.71 bits per heavy atom. The fraction of sp³-hybridized carbons (Fsp3) is 0.476. The number of amides is 2. The summed E-state index contributed by atoms with van der Waals surface area (Å²) in [6.45, 7) is 8.44. The van der Waals surface area contributed by atoms with Crippen molar-refractivity contribution in [3.05, 3.63) is 52.8 Å². The number of hydrogen-bond donors (Lipinski definition) is 2. The monoisotopic (exact) mass is 384 g/mol. The highest BCUT2D eigenvalue weighted by Crippen LogP contribution is 2.31. The van der Waals surface area contributed by atoms with Gasteiger partial charge in [-0.15, -0.1) is 0 Å². The summed E-state index contributed by atoms with van der Waals surface area (Å²) in [7, 11) is 1.72. The molecule has 2 heterocycles. The van der Waals surface area contributed by atoms with Crippen molar-refractivity contribution in [2.45, 2.75) is 51.8 Å². The number of benzene rings is 1. The second-order valence-corrected chi connectivity index (χ2v) is 8.28. The maximum absolute atomic E-state index is 12.9. The van der Waals surface area contributed by atoms with Gasteiger partial charge in [-0.3, -0.25) is 14.7 Å². The molecule has 1 fully saturated rings. The van der Waals surface area contributed by atoms with Crippen LogP contribution in [0.2, 0.25) is 0 Å². The third-order valence-electron chi connectivity index (χ3n) is 5.10. The van der Waals surface area contributed by atoms with Crippen molar-refractivity contribution in [1.29, 1.82) is 0 Å². The van der Waals surface area contributed by atoms with Crippen LogP contribution in [0.1, 0.15) is 49.3 Å². The van der Waals surface area contributed by atoms with Crippen LogP contribution in [0.5, 0.6) is 0 Å². The Bertz CT molecular complexity index is 869. The van der Waals surface area contributed by atoms with E-state index in [-0.39, 0.29) is 23.8 Å². The minimum Gasteiger partial charge on any atom is -0.356 e. The van der Waals surface area contributed by atoms with Crippen LogP contribution in [0, 0.1) is 6.92 Å². The van der Waals surface area contributed by atoms with Crippen LogP contribution in [0.25, 0.3) is 0 Å². The molecule has 2 atom stereocenters. The predicted octanol–water partition coefficient (Wildman–Crippen LogP) is 2.23. The topological polar surface area (TPSA) is 87.3 Å². The minimum atomic E-state index is -0.770. The summed E-state index contributed by atoms with van der Waals surface area (Å²) >= 11 is 0. The third kappa shape index (κ3) is 4.09. The van der Waals surface area contributed by atoms with Crippen molar-refractivity contribution < 1.29 is 14.3 Å². The quantitative estimate of drug-likeness (QED) is 0.846. The van der Waals surface area contributed by atoms with E-state index in [2.05, 4.69) is 36.3 Å². The van der Waals surface area contributed by atoms with Crippen molar-refractivity contribution in [2.24, 2.45) is 0 Å². The zero-order valence-electron chi connectivity index (χ0n) is 17.1. The molecule has 7 heteroatoms. The maximum atomic E-state index is 12.9. The number of H-pyrrole nitrogens is 1. The minimum absolute atomic E-state index is 0.0652. The van der Waals surface area contributed by atoms with E-state index in [1.54, 1.807) is 11.9 Å². The Hall–Kier alpha value is -2.67. The number of carbonyl (C=O) groups excluding carboxylic acids is 2. The normalized spacial score (nSPS) is 20.3. The van der Waals surface area contributed by atoms with Crippen LogP contribution < -0.4 is 5.32 Å². The van der Waals surface area contributed by atoms with Gasteiger partial charge in [-0.25, -0.2) is 0 Å². The van der Waals surface area contributed by atoms with Crippen molar-refractivity contribution >= 4 is 11.8 Å². The molecule has 0 radical (unpaired) electrons. The molecule has 2 aromatic rings. The van der Waals surface area contributed by atoms with Gasteiger partial charge in [0.05, 0.1) is 24.0 Å². The van der Waals surface area contributed by atoms with Crippen LogP contribution in [0.15, 0.2) is 30.3 Å². The van der Waals surface area contributed by atoms with Gasteiger partial charge in [0.1, 0.15) is 6.61 Å². The number of nitrogens with zero attached hydrogens (tertiary/aromatic N) is 2. The van der Waals surface area contributed by atoms with Gasteiger partial charge in [0.2, 0.25) is 5.91 Å².